The molecule has 11 heteroatoms. The molecule has 0 radical (unpaired) electrons. The molecule has 4 N–H and O–H groups in total. The number of nitro benzene ring substituents is 1. The highest BCUT2D eigenvalue weighted by Gasteiger charge is 2.34. The van der Waals surface area contributed by atoms with Crippen LogP contribution in [0.2, 0.25) is 0 Å². The van der Waals surface area contributed by atoms with E-state index in [9.17, 15) is 24.5 Å². The van der Waals surface area contributed by atoms with Gasteiger partial charge in [0.1, 0.15) is 5.82 Å². The van der Waals surface area contributed by atoms with Crippen LogP contribution < -0.4 is 21.5 Å². The number of aryl methyl sites for hydroxylation is 1. The van der Waals surface area contributed by atoms with Crippen molar-refractivity contribution in [3.8, 4) is 0 Å². The molecule has 1 aliphatic rings. The van der Waals surface area contributed by atoms with E-state index in [0.29, 0.717) is 11.4 Å². The van der Waals surface area contributed by atoms with Gasteiger partial charge in [-0.15, -0.1) is 0 Å². The van der Waals surface area contributed by atoms with Crippen molar-refractivity contribution in [2.24, 2.45) is 0 Å². The number of aromatic nitrogens is 2. The topological polar surface area (TPSA) is 159 Å². The molecule has 162 valence electrons. The second kappa shape index (κ2) is 8.30. The molecule has 1 aromatic heterocycles. The van der Waals surface area contributed by atoms with Crippen molar-refractivity contribution in [2.45, 2.75) is 19.3 Å². The van der Waals surface area contributed by atoms with Gasteiger partial charge in [-0.1, -0.05) is 17.7 Å². The highest BCUT2D eigenvalue weighted by atomic mass is 16.6. The fourth-order valence-corrected chi connectivity index (χ4v) is 3.32. The van der Waals surface area contributed by atoms with Gasteiger partial charge in [-0.05, 0) is 31.2 Å². The van der Waals surface area contributed by atoms with Crippen LogP contribution >= 0.6 is 0 Å². The summed E-state index contributed by atoms with van der Waals surface area (Å²) in [5.74, 6) is -2.00. The first-order valence-electron chi connectivity index (χ1n) is 9.63. The summed E-state index contributed by atoms with van der Waals surface area (Å²) in [5.41, 5.74) is 1.41. The molecule has 32 heavy (non-hydrogen) atoms. The maximum absolute atomic E-state index is 12.8. The minimum absolute atomic E-state index is 0.00320. The van der Waals surface area contributed by atoms with Crippen LogP contribution in [0.15, 0.2) is 53.3 Å². The normalized spacial score (nSPS) is 14.8. The molecule has 4 rings (SSSR count). The van der Waals surface area contributed by atoms with E-state index in [4.69, 9.17) is 0 Å². The lowest BCUT2D eigenvalue weighted by Gasteiger charge is -2.23. The molecule has 0 saturated heterocycles. The molecule has 3 aromatic rings. The average Bonchev–Trinajstić information content (AvgIpc) is 2.75. The summed E-state index contributed by atoms with van der Waals surface area (Å²) in [6, 6.07) is 12.6. The number of H-pyrrole nitrogens is 1. The standard InChI is InChI=1S/C21H18N6O5/c1-11-2-4-13(5-3-11)23-21-25-18-17(20(30)26-21)15(10-16(28)24-18)19(29)22-12-6-8-14(9-7-12)27(31)32/h2-9,15H,10H2,1H3,(H,22,29)(H3,23,24,25,26,28,30)/t15-/m1/s1. The third-order valence-corrected chi connectivity index (χ3v) is 4.93. The Balaban J connectivity index is 1.59. The first-order chi connectivity index (χ1) is 15.3. The lowest BCUT2D eigenvalue weighted by molar-refractivity contribution is -0.384. The summed E-state index contributed by atoms with van der Waals surface area (Å²) in [6.07, 6.45) is -0.235. The summed E-state index contributed by atoms with van der Waals surface area (Å²) < 4.78 is 0. The number of nitro groups is 1. The van der Waals surface area contributed by atoms with Crippen molar-refractivity contribution in [3.05, 3.63) is 80.1 Å². The molecule has 0 saturated carbocycles. The second-order valence-corrected chi connectivity index (χ2v) is 7.27. The van der Waals surface area contributed by atoms with Crippen LogP contribution in [0.3, 0.4) is 0 Å². The fraction of sp³-hybridized carbons (Fsp3) is 0.143. The number of rotatable bonds is 5. The molecule has 1 atom stereocenters. The zero-order valence-electron chi connectivity index (χ0n) is 16.8. The van der Waals surface area contributed by atoms with E-state index in [-0.39, 0.29) is 29.4 Å². The van der Waals surface area contributed by atoms with Crippen molar-refractivity contribution in [2.75, 3.05) is 16.0 Å². The lowest BCUT2D eigenvalue weighted by atomic mass is 9.92. The average molecular weight is 434 g/mol. The molecule has 2 aromatic carbocycles. The number of benzene rings is 2. The van der Waals surface area contributed by atoms with Gasteiger partial charge >= 0.3 is 0 Å². The molecular formula is C21H18N6O5. The maximum atomic E-state index is 12.8. The highest BCUT2D eigenvalue weighted by Crippen LogP contribution is 2.30. The number of nitrogens with zero attached hydrogens (tertiary/aromatic N) is 2. The van der Waals surface area contributed by atoms with E-state index in [2.05, 4.69) is 25.9 Å². The van der Waals surface area contributed by atoms with Gasteiger partial charge < -0.3 is 16.0 Å². The molecule has 1 aliphatic heterocycles. The summed E-state index contributed by atoms with van der Waals surface area (Å²) in [5, 5.41) is 18.9. The SMILES string of the molecule is Cc1ccc(Nc2nc3c(c(=O)[nH]2)[C@H](C(=O)Nc2ccc([N+](=O)[O-])cc2)CC(=O)N3)cc1. The highest BCUT2D eigenvalue weighted by molar-refractivity contribution is 6.04. The number of nitrogens with one attached hydrogen (secondary N) is 4. The largest absolute Gasteiger partial charge is 0.326 e. The van der Waals surface area contributed by atoms with Crippen LogP contribution in [0.5, 0.6) is 0 Å². The van der Waals surface area contributed by atoms with Crippen molar-refractivity contribution < 1.29 is 14.5 Å². The Labute approximate surface area is 181 Å². The lowest BCUT2D eigenvalue weighted by Crippen LogP contribution is -2.36. The van der Waals surface area contributed by atoms with Gasteiger partial charge in [0.15, 0.2) is 0 Å². The Morgan fingerprint density at radius 2 is 1.75 bits per heavy atom. The number of amides is 2. The summed E-state index contributed by atoms with van der Waals surface area (Å²) in [6.45, 7) is 1.94. The van der Waals surface area contributed by atoms with E-state index >= 15 is 0 Å². The smallest absolute Gasteiger partial charge is 0.269 e. The summed E-state index contributed by atoms with van der Waals surface area (Å²) in [4.78, 5) is 54.9. The van der Waals surface area contributed by atoms with Gasteiger partial charge in [0.05, 0.1) is 16.4 Å². The monoisotopic (exact) mass is 434 g/mol. The Bertz CT molecular complexity index is 1270. The predicted molar refractivity (Wildman–Crippen MR) is 117 cm³/mol. The zero-order valence-corrected chi connectivity index (χ0v) is 16.8. The van der Waals surface area contributed by atoms with Gasteiger partial charge in [0.2, 0.25) is 17.8 Å². The molecule has 0 aliphatic carbocycles. The van der Waals surface area contributed by atoms with Crippen LogP contribution in [0, 0.1) is 17.0 Å². The van der Waals surface area contributed by atoms with Crippen molar-refractivity contribution in [1.82, 2.24) is 9.97 Å². The molecule has 2 heterocycles. The molecular weight excluding hydrogens is 416 g/mol. The zero-order chi connectivity index (χ0) is 22.8. The molecule has 0 fully saturated rings. The van der Waals surface area contributed by atoms with Gasteiger partial charge in [-0.25, -0.2) is 0 Å². The second-order valence-electron chi connectivity index (χ2n) is 7.27. The Morgan fingerprint density at radius 1 is 1.09 bits per heavy atom. The quantitative estimate of drug-likeness (QED) is 0.355. The maximum Gasteiger partial charge on any atom is 0.269 e. The van der Waals surface area contributed by atoms with Gasteiger partial charge in [0.25, 0.3) is 11.2 Å². The molecule has 2 amide bonds. The van der Waals surface area contributed by atoms with Crippen LogP contribution in [-0.2, 0) is 9.59 Å². The molecule has 0 spiro atoms. The van der Waals surface area contributed by atoms with Crippen LogP contribution in [0.4, 0.5) is 28.8 Å². The number of carbonyl (C=O) groups excluding carboxylic acids is 2. The predicted octanol–water partition coefficient (Wildman–Crippen LogP) is 2.79. The first-order valence-corrected chi connectivity index (χ1v) is 9.63. The van der Waals surface area contributed by atoms with Crippen molar-refractivity contribution in [1.29, 1.82) is 0 Å². The number of anilines is 4. The molecule has 0 bridgehead atoms. The van der Waals surface area contributed by atoms with Crippen LogP contribution in [0.25, 0.3) is 0 Å². The minimum Gasteiger partial charge on any atom is -0.326 e. The van der Waals surface area contributed by atoms with Gasteiger partial charge in [-0.3, -0.25) is 29.5 Å². The Morgan fingerprint density at radius 3 is 2.41 bits per heavy atom. The number of non-ortho nitro benzene ring substituents is 1. The number of carbonyl (C=O) groups is 2. The number of hydrogen-bond donors (Lipinski definition) is 4. The van der Waals surface area contributed by atoms with Gasteiger partial charge in [-0.2, -0.15) is 4.98 Å². The number of hydrogen-bond acceptors (Lipinski definition) is 7. The van der Waals surface area contributed by atoms with Crippen molar-refractivity contribution in [3.63, 3.8) is 0 Å². The third-order valence-electron chi connectivity index (χ3n) is 4.93. The third kappa shape index (κ3) is 4.31. The number of fused-ring (bicyclic) bond motifs is 1. The fourth-order valence-electron chi connectivity index (χ4n) is 3.32. The van der Waals surface area contributed by atoms with Crippen LogP contribution in [0.1, 0.15) is 23.5 Å². The molecule has 11 nitrogen and oxygen atoms in total. The van der Waals surface area contributed by atoms with Gasteiger partial charge in [0, 0.05) is 29.9 Å². The van der Waals surface area contributed by atoms with Crippen LogP contribution in [-0.4, -0.2) is 26.7 Å². The Hall–Kier alpha value is -4.54. The van der Waals surface area contributed by atoms with E-state index < -0.39 is 28.2 Å². The first kappa shape index (κ1) is 20.7. The van der Waals surface area contributed by atoms with E-state index in [0.717, 1.165) is 5.56 Å². The van der Waals surface area contributed by atoms with Crippen molar-refractivity contribution >= 4 is 40.6 Å². The van der Waals surface area contributed by atoms with E-state index in [1.165, 1.54) is 24.3 Å². The van der Waals surface area contributed by atoms with E-state index in [1.807, 2.05) is 31.2 Å². The number of aromatic amines is 1. The summed E-state index contributed by atoms with van der Waals surface area (Å²) in [7, 11) is 0. The molecule has 0 unspecified atom stereocenters. The summed E-state index contributed by atoms with van der Waals surface area (Å²) >= 11 is 0. The van der Waals surface area contributed by atoms with E-state index in [1.54, 1.807) is 0 Å². The minimum atomic E-state index is -1.07. The Kier molecular flexibility index (Phi) is 5.37.